The van der Waals surface area contributed by atoms with Gasteiger partial charge in [-0.05, 0) is 79.7 Å². The second-order valence-electron chi connectivity index (χ2n) is 7.31. The number of thiophene rings is 1. The predicted molar refractivity (Wildman–Crippen MR) is 132 cm³/mol. The molecular formula is C24H23N3O3S2. The van der Waals surface area contributed by atoms with Gasteiger partial charge in [0.2, 0.25) is 5.91 Å². The number of carbonyl (C=O) groups is 1. The van der Waals surface area contributed by atoms with Gasteiger partial charge in [0.05, 0.1) is 23.6 Å². The average Bonchev–Trinajstić information content (AvgIpc) is 3.22. The zero-order valence-electron chi connectivity index (χ0n) is 18.0. The van der Waals surface area contributed by atoms with E-state index in [1.165, 1.54) is 23.1 Å². The summed E-state index contributed by atoms with van der Waals surface area (Å²) < 4.78 is 7.64. The molecule has 0 aliphatic carbocycles. The summed E-state index contributed by atoms with van der Waals surface area (Å²) in [6.07, 6.45) is 0. The Morgan fingerprint density at radius 1 is 1.12 bits per heavy atom. The summed E-state index contributed by atoms with van der Waals surface area (Å²) in [7, 11) is 0. The lowest BCUT2D eigenvalue weighted by Gasteiger charge is -2.13. The minimum absolute atomic E-state index is 0.121. The molecule has 0 radical (unpaired) electrons. The first-order valence-electron chi connectivity index (χ1n) is 10.2. The van der Waals surface area contributed by atoms with Crippen LogP contribution in [0.25, 0.3) is 15.9 Å². The van der Waals surface area contributed by atoms with E-state index in [0.29, 0.717) is 27.7 Å². The van der Waals surface area contributed by atoms with Crippen LogP contribution in [-0.2, 0) is 4.79 Å². The number of carbonyl (C=O) groups excluding carboxylic acids is 1. The number of benzene rings is 2. The molecule has 0 spiro atoms. The molecule has 2 heterocycles. The fraction of sp³-hybridized carbons (Fsp3) is 0.208. The van der Waals surface area contributed by atoms with Gasteiger partial charge in [0, 0.05) is 5.69 Å². The molecule has 0 aliphatic heterocycles. The minimum atomic E-state index is -0.175. The van der Waals surface area contributed by atoms with Crippen molar-refractivity contribution >= 4 is 44.9 Å². The Labute approximate surface area is 194 Å². The Morgan fingerprint density at radius 2 is 1.84 bits per heavy atom. The van der Waals surface area contributed by atoms with E-state index in [0.717, 1.165) is 22.6 Å². The Hall–Kier alpha value is -3.10. The average molecular weight is 466 g/mol. The van der Waals surface area contributed by atoms with Crippen LogP contribution in [0.1, 0.15) is 18.1 Å². The molecule has 0 saturated heterocycles. The third-order valence-corrected chi connectivity index (χ3v) is 6.53. The number of aryl methyl sites for hydroxylation is 2. The first kappa shape index (κ1) is 22.1. The van der Waals surface area contributed by atoms with Crippen LogP contribution in [0.4, 0.5) is 5.69 Å². The maximum atomic E-state index is 13.3. The molecule has 8 heteroatoms. The summed E-state index contributed by atoms with van der Waals surface area (Å²) in [5.41, 5.74) is 4.08. The highest BCUT2D eigenvalue weighted by molar-refractivity contribution is 7.99. The maximum Gasteiger partial charge on any atom is 0.276 e. The van der Waals surface area contributed by atoms with Gasteiger partial charge in [-0.1, -0.05) is 17.8 Å². The van der Waals surface area contributed by atoms with Crippen molar-refractivity contribution in [2.45, 2.75) is 25.9 Å². The van der Waals surface area contributed by atoms with Gasteiger partial charge < -0.3 is 10.1 Å². The van der Waals surface area contributed by atoms with Gasteiger partial charge in [0.25, 0.3) is 5.56 Å². The molecule has 0 saturated carbocycles. The second kappa shape index (κ2) is 9.58. The van der Waals surface area contributed by atoms with Gasteiger partial charge in [0.1, 0.15) is 10.4 Å². The molecule has 0 aliphatic rings. The van der Waals surface area contributed by atoms with E-state index in [2.05, 4.69) is 16.4 Å². The third-order valence-electron chi connectivity index (χ3n) is 4.70. The topological polar surface area (TPSA) is 73.2 Å². The Bertz CT molecular complexity index is 1310. The summed E-state index contributed by atoms with van der Waals surface area (Å²) in [5.74, 6) is 0.705. The van der Waals surface area contributed by atoms with E-state index in [1.54, 1.807) is 16.7 Å². The molecular weight excluding hydrogens is 442 g/mol. The molecule has 32 heavy (non-hydrogen) atoms. The van der Waals surface area contributed by atoms with E-state index in [4.69, 9.17) is 4.74 Å². The quantitative estimate of drug-likeness (QED) is 0.300. The third kappa shape index (κ3) is 4.87. The van der Waals surface area contributed by atoms with Crippen molar-refractivity contribution in [3.05, 3.63) is 75.4 Å². The van der Waals surface area contributed by atoms with Crippen molar-refractivity contribution in [2.75, 3.05) is 17.7 Å². The Kier molecular flexibility index (Phi) is 6.62. The number of nitrogens with zero attached hydrogens (tertiary/aromatic N) is 2. The number of thioether (sulfide) groups is 1. The highest BCUT2D eigenvalue weighted by Crippen LogP contribution is 2.25. The van der Waals surface area contributed by atoms with Crippen molar-refractivity contribution in [1.82, 2.24) is 9.55 Å². The lowest BCUT2D eigenvalue weighted by Crippen LogP contribution is -2.22. The van der Waals surface area contributed by atoms with Crippen molar-refractivity contribution in [1.29, 1.82) is 0 Å². The van der Waals surface area contributed by atoms with Gasteiger partial charge in [0.15, 0.2) is 5.16 Å². The molecule has 1 N–H and O–H groups in total. The maximum absolute atomic E-state index is 13.3. The van der Waals surface area contributed by atoms with Crippen LogP contribution in [0.5, 0.6) is 5.75 Å². The van der Waals surface area contributed by atoms with Gasteiger partial charge in [-0.3, -0.25) is 14.2 Å². The number of amides is 1. The van der Waals surface area contributed by atoms with Gasteiger partial charge in [-0.25, -0.2) is 4.98 Å². The van der Waals surface area contributed by atoms with Gasteiger partial charge in [-0.2, -0.15) is 0 Å². The van der Waals surface area contributed by atoms with Crippen LogP contribution in [0.15, 0.2) is 63.9 Å². The van der Waals surface area contributed by atoms with Crippen molar-refractivity contribution in [3.63, 3.8) is 0 Å². The van der Waals surface area contributed by atoms with Gasteiger partial charge >= 0.3 is 0 Å². The van der Waals surface area contributed by atoms with Crippen LogP contribution in [0.3, 0.4) is 0 Å². The highest BCUT2D eigenvalue weighted by atomic mass is 32.2. The summed E-state index contributed by atoms with van der Waals surface area (Å²) >= 11 is 2.62. The van der Waals surface area contributed by atoms with E-state index in [9.17, 15) is 9.59 Å². The summed E-state index contributed by atoms with van der Waals surface area (Å²) in [6.45, 7) is 6.50. The standard InChI is InChI=1S/C24H23N3O3S2/c1-4-30-19-7-5-17(6-8-19)25-21(28)14-32-24-26-20-9-10-31-22(20)23(29)27(24)18-12-15(2)11-16(3)13-18/h5-13H,4,14H2,1-3H3,(H,25,28). The van der Waals surface area contributed by atoms with Crippen LogP contribution in [0.2, 0.25) is 0 Å². The molecule has 4 rings (SSSR count). The normalized spacial score (nSPS) is 11.0. The highest BCUT2D eigenvalue weighted by Gasteiger charge is 2.16. The number of ether oxygens (including phenoxy) is 1. The molecule has 0 atom stereocenters. The number of hydrogen-bond acceptors (Lipinski definition) is 6. The Morgan fingerprint density at radius 3 is 2.53 bits per heavy atom. The molecule has 4 aromatic rings. The predicted octanol–water partition coefficient (Wildman–Crippen LogP) is 5.19. The number of nitrogens with one attached hydrogen (secondary N) is 1. The molecule has 2 aromatic carbocycles. The summed E-state index contributed by atoms with van der Waals surface area (Å²) in [4.78, 5) is 30.5. The number of hydrogen-bond donors (Lipinski definition) is 1. The lowest BCUT2D eigenvalue weighted by atomic mass is 10.1. The number of aromatic nitrogens is 2. The molecule has 2 aromatic heterocycles. The largest absolute Gasteiger partial charge is 0.494 e. The smallest absolute Gasteiger partial charge is 0.276 e. The number of anilines is 1. The molecule has 1 amide bonds. The zero-order valence-corrected chi connectivity index (χ0v) is 19.7. The van der Waals surface area contributed by atoms with Crippen LogP contribution in [-0.4, -0.2) is 27.8 Å². The van der Waals surface area contributed by atoms with Crippen molar-refractivity contribution < 1.29 is 9.53 Å². The zero-order chi connectivity index (χ0) is 22.7. The van der Waals surface area contributed by atoms with E-state index in [1.807, 2.05) is 56.5 Å². The van der Waals surface area contributed by atoms with Gasteiger partial charge in [-0.15, -0.1) is 11.3 Å². The van der Waals surface area contributed by atoms with Crippen molar-refractivity contribution in [2.24, 2.45) is 0 Å². The van der Waals surface area contributed by atoms with Crippen LogP contribution in [0, 0.1) is 13.8 Å². The molecule has 0 fully saturated rings. The molecule has 6 nitrogen and oxygen atoms in total. The Balaban J connectivity index is 1.59. The van der Waals surface area contributed by atoms with Crippen LogP contribution >= 0.6 is 23.1 Å². The lowest BCUT2D eigenvalue weighted by molar-refractivity contribution is -0.113. The number of fused-ring (bicyclic) bond motifs is 1. The minimum Gasteiger partial charge on any atom is -0.494 e. The first-order valence-corrected chi connectivity index (χ1v) is 12.1. The van der Waals surface area contributed by atoms with E-state index >= 15 is 0 Å². The summed E-state index contributed by atoms with van der Waals surface area (Å²) in [5, 5.41) is 5.23. The van der Waals surface area contributed by atoms with Crippen molar-refractivity contribution in [3.8, 4) is 11.4 Å². The molecule has 0 unspecified atom stereocenters. The first-order chi connectivity index (χ1) is 15.4. The fourth-order valence-electron chi connectivity index (χ4n) is 3.42. The van der Waals surface area contributed by atoms with E-state index in [-0.39, 0.29) is 17.2 Å². The van der Waals surface area contributed by atoms with Crippen LogP contribution < -0.4 is 15.6 Å². The monoisotopic (exact) mass is 465 g/mol. The second-order valence-corrected chi connectivity index (χ2v) is 9.17. The molecule has 0 bridgehead atoms. The fourth-order valence-corrected chi connectivity index (χ4v) is 5.00. The number of rotatable bonds is 7. The van der Waals surface area contributed by atoms with E-state index < -0.39 is 0 Å². The summed E-state index contributed by atoms with van der Waals surface area (Å²) in [6, 6.07) is 15.0. The molecule has 164 valence electrons. The SMILES string of the molecule is CCOc1ccc(NC(=O)CSc2nc3ccsc3c(=O)n2-c2cc(C)cc(C)c2)cc1.